The van der Waals surface area contributed by atoms with Crippen LogP contribution in [0, 0.1) is 0 Å². The first-order valence-electron chi connectivity index (χ1n) is 8.16. The van der Waals surface area contributed by atoms with Gasteiger partial charge >= 0.3 is 0 Å². The summed E-state index contributed by atoms with van der Waals surface area (Å²) in [5.41, 5.74) is 1.26. The average molecular weight is 342 g/mol. The van der Waals surface area contributed by atoms with Gasteiger partial charge in [-0.15, -0.1) is 0 Å². The molecule has 0 radical (unpaired) electrons. The lowest BCUT2D eigenvalue weighted by atomic mass is 9.95. The minimum Gasteiger partial charge on any atom is -0.360 e. The highest BCUT2D eigenvalue weighted by Gasteiger charge is 2.25. The molecule has 1 atom stereocenters. The standard InChI is InChI=1S/C17H18N4O4/c1-3-12(22)11-7-14(25-21-11)9(2)6-13(23)16-10-4-5-15(24)20-17(10)19-8-18-16/h7-9H,3-6H2,1-2H3,(H,18,19,20,24)/t9-/m0/s1. The van der Waals surface area contributed by atoms with E-state index in [4.69, 9.17) is 4.52 Å². The van der Waals surface area contributed by atoms with Gasteiger partial charge in [0.15, 0.2) is 11.6 Å². The smallest absolute Gasteiger partial charge is 0.225 e. The third-order valence-corrected chi connectivity index (χ3v) is 4.18. The number of hydrogen-bond acceptors (Lipinski definition) is 7. The van der Waals surface area contributed by atoms with Crippen molar-refractivity contribution in [2.45, 2.75) is 45.4 Å². The fourth-order valence-corrected chi connectivity index (χ4v) is 2.74. The van der Waals surface area contributed by atoms with E-state index >= 15 is 0 Å². The Bertz CT molecular complexity index is 843. The molecule has 1 amide bonds. The number of rotatable bonds is 6. The molecule has 0 bridgehead atoms. The van der Waals surface area contributed by atoms with Crippen LogP contribution in [0.25, 0.3) is 0 Å². The molecule has 0 saturated heterocycles. The number of amides is 1. The predicted octanol–water partition coefficient (Wildman–Crippen LogP) is 2.32. The number of carbonyl (C=O) groups is 3. The number of aromatic nitrogens is 3. The summed E-state index contributed by atoms with van der Waals surface area (Å²) >= 11 is 0. The number of nitrogens with one attached hydrogen (secondary N) is 1. The SMILES string of the molecule is CCC(=O)c1cc([C@@H](C)CC(=O)c2ncnc3c2CCC(=O)N3)on1. The van der Waals surface area contributed by atoms with Crippen LogP contribution in [-0.4, -0.2) is 32.6 Å². The molecule has 0 unspecified atom stereocenters. The number of ketones is 2. The Hall–Kier alpha value is -2.90. The minimum absolute atomic E-state index is 0.103. The zero-order valence-electron chi connectivity index (χ0n) is 14.0. The van der Waals surface area contributed by atoms with Crippen molar-refractivity contribution < 1.29 is 18.9 Å². The van der Waals surface area contributed by atoms with Gasteiger partial charge in [0, 0.05) is 36.8 Å². The molecular formula is C17H18N4O4. The number of anilines is 1. The minimum atomic E-state index is -0.248. The van der Waals surface area contributed by atoms with Crippen LogP contribution in [0.3, 0.4) is 0 Å². The van der Waals surface area contributed by atoms with Crippen LogP contribution in [0.5, 0.6) is 0 Å². The molecule has 130 valence electrons. The molecule has 0 saturated carbocycles. The number of nitrogens with zero attached hydrogens (tertiary/aromatic N) is 3. The van der Waals surface area contributed by atoms with Gasteiger partial charge in [-0.05, 0) is 6.42 Å². The van der Waals surface area contributed by atoms with Gasteiger partial charge in [-0.2, -0.15) is 0 Å². The molecule has 2 aromatic rings. The van der Waals surface area contributed by atoms with Crippen molar-refractivity contribution in [1.82, 2.24) is 15.1 Å². The van der Waals surface area contributed by atoms with Crippen LogP contribution in [0.4, 0.5) is 5.82 Å². The number of Topliss-reactive ketones (excluding diaryl/α,β-unsaturated/α-hetero) is 2. The van der Waals surface area contributed by atoms with E-state index in [1.165, 1.54) is 6.33 Å². The molecule has 1 aliphatic heterocycles. The zero-order chi connectivity index (χ0) is 18.0. The van der Waals surface area contributed by atoms with Gasteiger partial charge in [-0.3, -0.25) is 14.4 Å². The molecule has 8 nitrogen and oxygen atoms in total. The number of fused-ring (bicyclic) bond motifs is 1. The molecule has 0 fully saturated rings. The summed E-state index contributed by atoms with van der Waals surface area (Å²) in [7, 11) is 0. The first kappa shape index (κ1) is 16.9. The van der Waals surface area contributed by atoms with Crippen molar-refractivity contribution in [3.63, 3.8) is 0 Å². The lowest BCUT2D eigenvalue weighted by molar-refractivity contribution is -0.116. The van der Waals surface area contributed by atoms with Crippen LogP contribution in [-0.2, 0) is 11.2 Å². The van der Waals surface area contributed by atoms with Crippen LogP contribution in [0.1, 0.15) is 71.3 Å². The Kier molecular flexibility index (Phi) is 4.69. The zero-order valence-corrected chi connectivity index (χ0v) is 14.0. The second-order valence-corrected chi connectivity index (χ2v) is 6.02. The summed E-state index contributed by atoms with van der Waals surface area (Å²) in [6.07, 6.45) is 2.52. The maximum atomic E-state index is 12.6. The van der Waals surface area contributed by atoms with E-state index in [0.717, 1.165) is 0 Å². The molecule has 3 rings (SSSR count). The Morgan fingerprint density at radius 1 is 1.28 bits per heavy atom. The third kappa shape index (κ3) is 3.47. The summed E-state index contributed by atoms with van der Waals surface area (Å²) in [6.45, 7) is 3.58. The van der Waals surface area contributed by atoms with E-state index in [2.05, 4.69) is 20.4 Å². The molecule has 25 heavy (non-hydrogen) atoms. The summed E-state index contributed by atoms with van der Waals surface area (Å²) in [6, 6.07) is 1.58. The molecule has 1 N–H and O–H groups in total. The van der Waals surface area contributed by atoms with Crippen LogP contribution < -0.4 is 5.32 Å². The predicted molar refractivity (Wildman–Crippen MR) is 87.5 cm³/mol. The van der Waals surface area contributed by atoms with Crippen molar-refractivity contribution >= 4 is 23.3 Å². The fourth-order valence-electron chi connectivity index (χ4n) is 2.74. The largest absolute Gasteiger partial charge is 0.360 e. The van der Waals surface area contributed by atoms with Crippen LogP contribution in [0.15, 0.2) is 16.9 Å². The second kappa shape index (κ2) is 6.92. The number of hydrogen-bond donors (Lipinski definition) is 1. The lowest BCUT2D eigenvalue weighted by Crippen LogP contribution is -2.23. The lowest BCUT2D eigenvalue weighted by Gasteiger charge is -2.17. The van der Waals surface area contributed by atoms with Crippen molar-refractivity contribution in [1.29, 1.82) is 0 Å². The molecule has 3 heterocycles. The molecule has 2 aromatic heterocycles. The van der Waals surface area contributed by atoms with Crippen molar-refractivity contribution in [2.75, 3.05) is 5.32 Å². The van der Waals surface area contributed by atoms with E-state index in [9.17, 15) is 14.4 Å². The molecule has 1 aliphatic rings. The van der Waals surface area contributed by atoms with Gasteiger partial charge in [0.1, 0.15) is 29.3 Å². The van der Waals surface area contributed by atoms with Crippen molar-refractivity contribution in [3.05, 3.63) is 35.1 Å². The van der Waals surface area contributed by atoms with Crippen LogP contribution >= 0.6 is 0 Å². The van der Waals surface area contributed by atoms with Gasteiger partial charge in [0.25, 0.3) is 0 Å². The van der Waals surface area contributed by atoms with Gasteiger partial charge in [-0.1, -0.05) is 19.0 Å². The highest BCUT2D eigenvalue weighted by Crippen LogP contribution is 2.26. The Morgan fingerprint density at radius 2 is 2.08 bits per heavy atom. The Morgan fingerprint density at radius 3 is 2.84 bits per heavy atom. The summed E-state index contributed by atoms with van der Waals surface area (Å²) in [5.74, 6) is 0.255. The Balaban J connectivity index is 1.76. The topological polar surface area (TPSA) is 115 Å². The first-order chi connectivity index (χ1) is 12.0. The molecule has 0 spiro atoms. The Labute approximate surface area is 144 Å². The van der Waals surface area contributed by atoms with E-state index in [0.29, 0.717) is 42.1 Å². The molecule has 0 aromatic carbocycles. The quantitative estimate of drug-likeness (QED) is 0.801. The molecule has 8 heteroatoms. The van der Waals surface area contributed by atoms with Gasteiger partial charge in [0.2, 0.25) is 5.91 Å². The van der Waals surface area contributed by atoms with E-state index < -0.39 is 0 Å². The third-order valence-electron chi connectivity index (χ3n) is 4.18. The molecular weight excluding hydrogens is 324 g/mol. The number of carbonyl (C=O) groups excluding carboxylic acids is 3. The van der Waals surface area contributed by atoms with E-state index in [1.54, 1.807) is 13.0 Å². The second-order valence-electron chi connectivity index (χ2n) is 6.02. The van der Waals surface area contributed by atoms with Gasteiger partial charge < -0.3 is 9.84 Å². The summed E-state index contributed by atoms with van der Waals surface area (Å²) < 4.78 is 5.20. The first-order valence-corrected chi connectivity index (χ1v) is 8.16. The summed E-state index contributed by atoms with van der Waals surface area (Å²) in [4.78, 5) is 43.9. The molecule has 0 aliphatic carbocycles. The maximum Gasteiger partial charge on any atom is 0.225 e. The maximum absolute atomic E-state index is 12.6. The highest BCUT2D eigenvalue weighted by atomic mass is 16.5. The normalized spacial score (nSPS) is 14.6. The van der Waals surface area contributed by atoms with E-state index in [-0.39, 0.29) is 35.5 Å². The van der Waals surface area contributed by atoms with Crippen LogP contribution in [0.2, 0.25) is 0 Å². The fraction of sp³-hybridized carbons (Fsp3) is 0.412. The van der Waals surface area contributed by atoms with Gasteiger partial charge in [0.05, 0.1) is 0 Å². The van der Waals surface area contributed by atoms with Crippen molar-refractivity contribution in [3.8, 4) is 0 Å². The van der Waals surface area contributed by atoms with Crippen molar-refractivity contribution in [2.24, 2.45) is 0 Å². The average Bonchev–Trinajstić information content (AvgIpc) is 3.10. The van der Waals surface area contributed by atoms with E-state index in [1.807, 2.05) is 6.92 Å². The monoisotopic (exact) mass is 342 g/mol. The highest BCUT2D eigenvalue weighted by molar-refractivity contribution is 6.00. The van der Waals surface area contributed by atoms with Gasteiger partial charge in [-0.25, -0.2) is 9.97 Å². The summed E-state index contributed by atoms with van der Waals surface area (Å²) in [5, 5.41) is 6.41.